The number of nitrogens with zero attached hydrogens (tertiary/aromatic N) is 2. The van der Waals surface area contributed by atoms with E-state index in [4.69, 9.17) is 5.11 Å². The number of hydrogen-bond donors (Lipinski definition) is 1. The van der Waals surface area contributed by atoms with Crippen LogP contribution in [0.2, 0.25) is 0 Å². The summed E-state index contributed by atoms with van der Waals surface area (Å²) in [6, 6.07) is 0. The fourth-order valence-electron chi connectivity index (χ4n) is 0.874. The molecule has 1 aromatic heterocycles. The fourth-order valence-corrected chi connectivity index (χ4v) is 0.874. The molecular formula is C7H12N2O. The topological polar surface area (TPSA) is 38.0 Å². The largest absolute Gasteiger partial charge is 0.504 e. The second-order valence-corrected chi connectivity index (χ2v) is 2.34. The van der Waals surface area contributed by atoms with Crippen LogP contribution >= 0.6 is 0 Å². The van der Waals surface area contributed by atoms with Crippen LogP contribution < -0.4 is 0 Å². The highest BCUT2D eigenvalue weighted by Gasteiger charge is 2.01. The Morgan fingerprint density at radius 1 is 1.70 bits per heavy atom. The summed E-state index contributed by atoms with van der Waals surface area (Å²) in [7, 11) is 0. The summed E-state index contributed by atoms with van der Waals surface area (Å²) in [5, 5.41) is 13.1. The molecule has 0 bridgehead atoms. The van der Waals surface area contributed by atoms with E-state index in [0.29, 0.717) is 0 Å². The Bertz CT molecular complexity index is 217. The van der Waals surface area contributed by atoms with Crippen LogP contribution in [0.15, 0.2) is 6.20 Å². The summed E-state index contributed by atoms with van der Waals surface area (Å²) in [6.07, 6.45) is 2.52. The summed E-state index contributed by atoms with van der Waals surface area (Å²) in [6.45, 7) is 4.82. The number of aromatic hydroxyl groups is 1. The van der Waals surface area contributed by atoms with Gasteiger partial charge >= 0.3 is 0 Å². The zero-order valence-electron chi connectivity index (χ0n) is 6.33. The van der Waals surface area contributed by atoms with Gasteiger partial charge in [-0.2, -0.15) is 5.10 Å². The average molecular weight is 140 g/mol. The van der Waals surface area contributed by atoms with Gasteiger partial charge in [-0.3, -0.25) is 4.68 Å². The molecule has 0 fully saturated rings. The monoisotopic (exact) mass is 140 g/mol. The van der Waals surface area contributed by atoms with Crippen molar-refractivity contribution in [2.75, 3.05) is 0 Å². The van der Waals surface area contributed by atoms with Gasteiger partial charge in [0, 0.05) is 6.54 Å². The molecule has 1 rings (SSSR count). The highest BCUT2D eigenvalue weighted by atomic mass is 16.3. The van der Waals surface area contributed by atoms with Gasteiger partial charge in [-0.15, -0.1) is 0 Å². The maximum atomic E-state index is 9.08. The van der Waals surface area contributed by atoms with Crippen LogP contribution in [0.3, 0.4) is 0 Å². The molecule has 0 atom stereocenters. The zero-order chi connectivity index (χ0) is 7.56. The Labute approximate surface area is 60.3 Å². The quantitative estimate of drug-likeness (QED) is 0.672. The van der Waals surface area contributed by atoms with Gasteiger partial charge in [-0.1, -0.05) is 6.92 Å². The Morgan fingerprint density at radius 2 is 2.40 bits per heavy atom. The third-order valence-electron chi connectivity index (χ3n) is 1.51. The van der Waals surface area contributed by atoms with E-state index in [0.717, 1.165) is 18.7 Å². The van der Waals surface area contributed by atoms with Crippen molar-refractivity contribution in [2.24, 2.45) is 0 Å². The van der Waals surface area contributed by atoms with E-state index in [-0.39, 0.29) is 5.75 Å². The maximum absolute atomic E-state index is 9.08. The average Bonchev–Trinajstić information content (AvgIpc) is 2.20. The van der Waals surface area contributed by atoms with Crippen molar-refractivity contribution in [3.63, 3.8) is 0 Å². The molecular weight excluding hydrogens is 128 g/mol. The van der Waals surface area contributed by atoms with Crippen LogP contribution in [-0.4, -0.2) is 14.9 Å². The van der Waals surface area contributed by atoms with Crippen molar-refractivity contribution in [1.82, 2.24) is 9.78 Å². The molecule has 1 aromatic rings. The molecule has 0 spiro atoms. The summed E-state index contributed by atoms with van der Waals surface area (Å²) >= 11 is 0. The minimum Gasteiger partial charge on any atom is -0.504 e. The number of rotatable bonds is 2. The van der Waals surface area contributed by atoms with Crippen LogP contribution in [-0.2, 0) is 6.54 Å². The molecule has 0 amide bonds. The molecule has 1 heterocycles. The molecule has 0 aliphatic carbocycles. The Hall–Kier alpha value is -0.990. The highest BCUT2D eigenvalue weighted by Crippen LogP contribution is 2.13. The minimum absolute atomic E-state index is 0.286. The molecule has 3 nitrogen and oxygen atoms in total. The van der Waals surface area contributed by atoms with Gasteiger partial charge in [-0.05, 0) is 13.3 Å². The van der Waals surface area contributed by atoms with E-state index in [2.05, 4.69) is 12.0 Å². The van der Waals surface area contributed by atoms with Gasteiger partial charge in [0.2, 0.25) is 0 Å². The van der Waals surface area contributed by atoms with Gasteiger partial charge < -0.3 is 5.11 Å². The third kappa shape index (κ3) is 1.12. The first kappa shape index (κ1) is 7.12. The van der Waals surface area contributed by atoms with E-state index in [1.165, 1.54) is 6.20 Å². The molecule has 0 radical (unpaired) electrons. The van der Waals surface area contributed by atoms with E-state index >= 15 is 0 Å². The first-order valence-corrected chi connectivity index (χ1v) is 3.47. The summed E-state index contributed by atoms with van der Waals surface area (Å²) in [5.41, 5.74) is 0.849. The third-order valence-corrected chi connectivity index (χ3v) is 1.51. The molecule has 0 saturated heterocycles. The van der Waals surface area contributed by atoms with Crippen LogP contribution in [0.1, 0.15) is 19.0 Å². The lowest BCUT2D eigenvalue weighted by Crippen LogP contribution is -2.00. The van der Waals surface area contributed by atoms with Crippen molar-refractivity contribution in [3.8, 4) is 5.75 Å². The van der Waals surface area contributed by atoms with Crippen LogP contribution in [0.5, 0.6) is 5.75 Å². The van der Waals surface area contributed by atoms with E-state index in [9.17, 15) is 0 Å². The van der Waals surface area contributed by atoms with Crippen molar-refractivity contribution in [3.05, 3.63) is 11.9 Å². The SMILES string of the molecule is CCCn1ncc(O)c1C. The van der Waals surface area contributed by atoms with Gasteiger partial charge in [0.25, 0.3) is 0 Å². The molecule has 0 aliphatic heterocycles. The second kappa shape index (κ2) is 2.73. The summed E-state index contributed by atoms with van der Waals surface area (Å²) in [5.74, 6) is 0.286. The van der Waals surface area contributed by atoms with Gasteiger partial charge in [0.05, 0.1) is 11.9 Å². The van der Waals surface area contributed by atoms with Gasteiger partial charge in [0.15, 0.2) is 5.75 Å². The van der Waals surface area contributed by atoms with E-state index in [1.807, 2.05) is 6.92 Å². The Kier molecular flexibility index (Phi) is 1.94. The van der Waals surface area contributed by atoms with Crippen LogP contribution in [0, 0.1) is 6.92 Å². The second-order valence-electron chi connectivity index (χ2n) is 2.34. The molecule has 56 valence electrons. The normalized spacial score (nSPS) is 10.2. The number of aryl methyl sites for hydroxylation is 1. The van der Waals surface area contributed by atoms with Gasteiger partial charge in [0.1, 0.15) is 0 Å². The molecule has 3 heteroatoms. The zero-order valence-corrected chi connectivity index (χ0v) is 6.33. The minimum atomic E-state index is 0.286. The van der Waals surface area contributed by atoms with Crippen molar-refractivity contribution in [2.45, 2.75) is 26.8 Å². The molecule has 0 aliphatic rings. The summed E-state index contributed by atoms with van der Waals surface area (Å²) in [4.78, 5) is 0. The standard InChI is InChI=1S/C7H12N2O/c1-3-4-9-6(2)7(10)5-8-9/h5,10H,3-4H2,1-2H3. The lowest BCUT2D eigenvalue weighted by Gasteiger charge is -1.99. The number of aromatic nitrogens is 2. The first-order chi connectivity index (χ1) is 4.75. The molecule has 10 heavy (non-hydrogen) atoms. The Morgan fingerprint density at radius 3 is 2.80 bits per heavy atom. The van der Waals surface area contributed by atoms with Crippen LogP contribution in [0.25, 0.3) is 0 Å². The Balaban J connectivity index is 2.83. The molecule has 1 N–H and O–H groups in total. The smallest absolute Gasteiger partial charge is 0.156 e. The van der Waals surface area contributed by atoms with Crippen molar-refractivity contribution < 1.29 is 5.11 Å². The highest BCUT2D eigenvalue weighted by molar-refractivity contribution is 5.20. The molecule has 0 saturated carbocycles. The van der Waals surface area contributed by atoms with Gasteiger partial charge in [-0.25, -0.2) is 0 Å². The predicted molar refractivity (Wildman–Crippen MR) is 38.9 cm³/mol. The molecule has 0 unspecified atom stereocenters. The lowest BCUT2D eigenvalue weighted by molar-refractivity contribution is 0.467. The maximum Gasteiger partial charge on any atom is 0.156 e. The van der Waals surface area contributed by atoms with Crippen molar-refractivity contribution in [1.29, 1.82) is 0 Å². The van der Waals surface area contributed by atoms with E-state index < -0.39 is 0 Å². The van der Waals surface area contributed by atoms with E-state index in [1.54, 1.807) is 4.68 Å². The number of hydrogen-bond acceptors (Lipinski definition) is 2. The lowest BCUT2D eigenvalue weighted by atomic mass is 10.4. The predicted octanol–water partition coefficient (Wildman–Crippen LogP) is 1.31. The first-order valence-electron chi connectivity index (χ1n) is 3.47. The fraction of sp³-hybridized carbons (Fsp3) is 0.571. The van der Waals surface area contributed by atoms with Crippen LogP contribution in [0.4, 0.5) is 0 Å². The van der Waals surface area contributed by atoms with Crippen molar-refractivity contribution >= 4 is 0 Å². The summed E-state index contributed by atoms with van der Waals surface area (Å²) < 4.78 is 1.80. The molecule has 0 aromatic carbocycles.